The average molecular weight is 211 g/mol. The quantitative estimate of drug-likeness (QED) is 0.775. The Balaban J connectivity index is 2.67. The van der Waals surface area contributed by atoms with Crippen molar-refractivity contribution in [3.63, 3.8) is 0 Å². The number of allylic oxidation sites excluding steroid dienone is 1. The highest BCUT2D eigenvalue weighted by molar-refractivity contribution is 7.98. The fourth-order valence-electron chi connectivity index (χ4n) is 1.11. The van der Waals surface area contributed by atoms with Crippen molar-refractivity contribution in [2.75, 3.05) is 12.8 Å². The van der Waals surface area contributed by atoms with Gasteiger partial charge in [0, 0.05) is 11.4 Å². The zero-order valence-corrected chi connectivity index (χ0v) is 8.98. The van der Waals surface area contributed by atoms with Gasteiger partial charge in [0.1, 0.15) is 5.83 Å². The van der Waals surface area contributed by atoms with Gasteiger partial charge in [0.25, 0.3) is 0 Å². The van der Waals surface area contributed by atoms with Crippen LogP contribution in [0.2, 0.25) is 0 Å². The zero-order valence-electron chi connectivity index (χ0n) is 8.16. The lowest BCUT2D eigenvalue weighted by atomic mass is 10.1. The third-order valence-electron chi connectivity index (χ3n) is 1.89. The van der Waals surface area contributed by atoms with Crippen LogP contribution in [0, 0.1) is 0 Å². The number of rotatable bonds is 4. The summed E-state index contributed by atoms with van der Waals surface area (Å²) in [5.41, 5.74) is 6.26. The Kier molecular flexibility index (Phi) is 4.70. The Bertz CT molecular complexity index is 323. The molecule has 2 N–H and O–H groups in total. The van der Waals surface area contributed by atoms with Crippen LogP contribution in [-0.2, 0) is 6.42 Å². The lowest BCUT2D eigenvalue weighted by molar-refractivity contribution is 0.614. The van der Waals surface area contributed by atoms with E-state index >= 15 is 0 Å². The maximum absolute atomic E-state index is 12.7. The molecule has 0 saturated heterocycles. The first-order chi connectivity index (χ1) is 6.76. The van der Waals surface area contributed by atoms with Gasteiger partial charge in [0.2, 0.25) is 0 Å². The second-order valence-electron chi connectivity index (χ2n) is 2.91. The summed E-state index contributed by atoms with van der Waals surface area (Å²) < 4.78 is 12.7. The molecular weight excluding hydrogens is 197 g/mol. The normalized spacial score (nSPS) is 11.8. The van der Waals surface area contributed by atoms with Crippen LogP contribution in [0.25, 0.3) is 0 Å². The van der Waals surface area contributed by atoms with Crippen molar-refractivity contribution in [1.29, 1.82) is 0 Å². The van der Waals surface area contributed by atoms with Crippen molar-refractivity contribution >= 4 is 11.8 Å². The molecule has 14 heavy (non-hydrogen) atoms. The molecule has 3 heteroatoms. The summed E-state index contributed by atoms with van der Waals surface area (Å²) >= 11 is 1.68. The van der Waals surface area contributed by atoms with Crippen molar-refractivity contribution in [2.45, 2.75) is 11.3 Å². The highest BCUT2D eigenvalue weighted by Gasteiger charge is 1.94. The summed E-state index contributed by atoms with van der Waals surface area (Å²) in [7, 11) is 0. The molecule has 0 radical (unpaired) electrons. The molecular formula is C11H14FNS. The van der Waals surface area contributed by atoms with Gasteiger partial charge in [-0.15, -0.1) is 11.8 Å². The van der Waals surface area contributed by atoms with Crippen molar-refractivity contribution in [3.05, 3.63) is 41.7 Å². The second kappa shape index (κ2) is 5.83. The van der Waals surface area contributed by atoms with Crippen LogP contribution < -0.4 is 5.73 Å². The summed E-state index contributed by atoms with van der Waals surface area (Å²) in [4.78, 5) is 1.20. The minimum atomic E-state index is -0.250. The van der Waals surface area contributed by atoms with E-state index in [0.717, 1.165) is 5.56 Å². The van der Waals surface area contributed by atoms with Gasteiger partial charge in [-0.1, -0.05) is 12.1 Å². The predicted octanol–water partition coefficient (Wildman–Crippen LogP) is 2.76. The summed E-state index contributed by atoms with van der Waals surface area (Å²) in [6.45, 7) is -0.0117. The van der Waals surface area contributed by atoms with E-state index in [1.807, 2.05) is 24.5 Å². The van der Waals surface area contributed by atoms with Gasteiger partial charge >= 0.3 is 0 Å². The SMILES string of the molecule is CSc1cccc(C/C=C(\F)CN)c1. The topological polar surface area (TPSA) is 26.0 Å². The lowest BCUT2D eigenvalue weighted by Gasteiger charge is -2.00. The molecule has 0 saturated carbocycles. The fourth-order valence-corrected chi connectivity index (χ4v) is 1.60. The molecule has 0 atom stereocenters. The molecule has 0 unspecified atom stereocenters. The summed E-state index contributed by atoms with van der Waals surface area (Å²) in [6, 6.07) is 8.07. The molecule has 1 aromatic rings. The summed E-state index contributed by atoms with van der Waals surface area (Å²) in [6.07, 6.45) is 4.16. The standard InChI is InChI=1S/C11H14FNS/c1-14-11-4-2-3-9(7-11)5-6-10(12)8-13/h2-4,6-7H,5,8,13H2,1H3/b10-6-. The van der Waals surface area contributed by atoms with E-state index in [2.05, 4.69) is 6.07 Å². The molecule has 0 bridgehead atoms. The molecule has 0 aliphatic rings. The highest BCUT2D eigenvalue weighted by atomic mass is 32.2. The van der Waals surface area contributed by atoms with Gasteiger partial charge < -0.3 is 5.73 Å². The van der Waals surface area contributed by atoms with E-state index in [4.69, 9.17) is 5.73 Å². The number of hydrogen-bond acceptors (Lipinski definition) is 2. The van der Waals surface area contributed by atoms with Gasteiger partial charge in [0.05, 0.1) is 0 Å². The molecule has 0 aliphatic heterocycles. The molecule has 0 aliphatic carbocycles. The predicted molar refractivity (Wildman–Crippen MR) is 60.2 cm³/mol. The number of nitrogens with two attached hydrogens (primary N) is 1. The highest BCUT2D eigenvalue weighted by Crippen LogP contribution is 2.16. The Morgan fingerprint density at radius 1 is 1.57 bits per heavy atom. The molecule has 1 rings (SSSR count). The van der Waals surface area contributed by atoms with Crippen molar-refractivity contribution in [2.24, 2.45) is 5.73 Å². The minimum absolute atomic E-state index is 0.0117. The van der Waals surface area contributed by atoms with Gasteiger partial charge in [0.15, 0.2) is 0 Å². The molecule has 1 aromatic carbocycles. The number of benzene rings is 1. The third-order valence-corrected chi connectivity index (χ3v) is 2.61. The number of thioether (sulfide) groups is 1. The molecule has 0 aromatic heterocycles. The number of halogens is 1. The summed E-state index contributed by atoms with van der Waals surface area (Å²) in [5, 5.41) is 0. The maximum Gasteiger partial charge on any atom is 0.110 e. The van der Waals surface area contributed by atoms with Crippen LogP contribution in [0.5, 0.6) is 0 Å². The molecule has 0 fully saturated rings. The van der Waals surface area contributed by atoms with Crippen LogP contribution in [0.3, 0.4) is 0 Å². The van der Waals surface area contributed by atoms with E-state index in [0.29, 0.717) is 6.42 Å². The Hall–Kier alpha value is -0.800. The molecule has 0 spiro atoms. The number of hydrogen-bond donors (Lipinski definition) is 1. The maximum atomic E-state index is 12.7. The van der Waals surface area contributed by atoms with Crippen molar-refractivity contribution in [1.82, 2.24) is 0 Å². The van der Waals surface area contributed by atoms with E-state index in [-0.39, 0.29) is 12.4 Å². The first-order valence-corrected chi connectivity index (χ1v) is 5.66. The van der Waals surface area contributed by atoms with Gasteiger partial charge in [-0.25, -0.2) is 4.39 Å². The van der Waals surface area contributed by atoms with Gasteiger partial charge in [-0.2, -0.15) is 0 Å². The van der Waals surface area contributed by atoms with Gasteiger partial charge in [-0.05, 0) is 36.4 Å². The lowest BCUT2D eigenvalue weighted by Crippen LogP contribution is -1.99. The van der Waals surface area contributed by atoms with Crippen molar-refractivity contribution < 1.29 is 4.39 Å². The van der Waals surface area contributed by atoms with Crippen LogP contribution in [0.4, 0.5) is 4.39 Å². The smallest absolute Gasteiger partial charge is 0.110 e. The first kappa shape index (κ1) is 11.3. The van der Waals surface area contributed by atoms with Crippen LogP contribution in [0.1, 0.15) is 5.56 Å². The van der Waals surface area contributed by atoms with Gasteiger partial charge in [-0.3, -0.25) is 0 Å². The van der Waals surface area contributed by atoms with E-state index < -0.39 is 0 Å². The summed E-state index contributed by atoms with van der Waals surface area (Å²) in [5.74, 6) is -0.250. The first-order valence-electron chi connectivity index (χ1n) is 4.44. The van der Waals surface area contributed by atoms with E-state index in [1.54, 1.807) is 11.8 Å². The monoisotopic (exact) mass is 211 g/mol. The van der Waals surface area contributed by atoms with E-state index in [1.165, 1.54) is 11.0 Å². The van der Waals surface area contributed by atoms with Crippen LogP contribution in [0.15, 0.2) is 41.1 Å². The van der Waals surface area contributed by atoms with Crippen molar-refractivity contribution in [3.8, 4) is 0 Å². The Morgan fingerprint density at radius 3 is 3.00 bits per heavy atom. The molecule has 0 heterocycles. The second-order valence-corrected chi connectivity index (χ2v) is 3.79. The molecule has 76 valence electrons. The molecule has 1 nitrogen and oxygen atoms in total. The Morgan fingerprint density at radius 2 is 2.36 bits per heavy atom. The Labute approximate surface area is 88.2 Å². The third kappa shape index (κ3) is 3.52. The average Bonchev–Trinajstić information content (AvgIpc) is 2.26. The minimum Gasteiger partial charge on any atom is -0.325 e. The van der Waals surface area contributed by atoms with E-state index in [9.17, 15) is 4.39 Å². The molecule has 0 amide bonds. The van der Waals surface area contributed by atoms with Crippen LogP contribution in [-0.4, -0.2) is 12.8 Å². The fraction of sp³-hybridized carbons (Fsp3) is 0.273. The largest absolute Gasteiger partial charge is 0.325 e. The van der Waals surface area contributed by atoms with Crippen LogP contribution >= 0.6 is 11.8 Å². The zero-order chi connectivity index (χ0) is 10.4.